The SMILES string of the molecule is CN(C)S(=O)(=O)C1CS(=N)(=O)CC1C(F)(F)F. The molecule has 10 heteroatoms. The molecular formula is C7H13F3N2O3S2. The van der Waals surface area contributed by atoms with E-state index in [0.717, 1.165) is 14.1 Å². The molecule has 5 nitrogen and oxygen atoms in total. The Morgan fingerprint density at radius 3 is 2.12 bits per heavy atom. The molecule has 17 heavy (non-hydrogen) atoms. The summed E-state index contributed by atoms with van der Waals surface area (Å²) in [5, 5.41) is -1.82. The third-order valence-electron chi connectivity index (χ3n) is 2.64. The highest BCUT2D eigenvalue weighted by molar-refractivity contribution is 7.96. The summed E-state index contributed by atoms with van der Waals surface area (Å²) < 4.78 is 80.6. The van der Waals surface area contributed by atoms with Crippen molar-refractivity contribution in [2.75, 3.05) is 25.6 Å². The van der Waals surface area contributed by atoms with Crippen LogP contribution in [0.5, 0.6) is 0 Å². The largest absolute Gasteiger partial charge is 0.394 e. The van der Waals surface area contributed by atoms with Crippen molar-refractivity contribution >= 4 is 19.8 Å². The van der Waals surface area contributed by atoms with E-state index in [1.807, 2.05) is 0 Å². The van der Waals surface area contributed by atoms with Crippen molar-refractivity contribution < 1.29 is 25.8 Å². The average Bonchev–Trinajstić information content (AvgIpc) is 2.41. The van der Waals surface area contributed by atoms with Crippen molar-refractivity contribution in [1.29, 1.82) is 4.78 Å². The van der Waals surface area contributed by atoms with E-state index in [4.69, 9.17) is 4.78 Å². The predicted octanol–water partition coefficient (Wildman–Crippen LogP) is 0.485. The zero-order chi connectivity index (χ0) is 13.6. The molecule has 3 unspecified atom stereocenters. The van der Waals surface area contributed by atoms with Gasteiger partial charge in [-0.05, 0) is 0 Å². The summed E-state index contributed by atoms with van der Waals surface area (Å²) in [7, 11) is -5.40. The van der Waals surface area contributed by atoms with Crippen molar-refractivity contribution in [2.24, 2.45) is 5.92 Å². The van der Waals surface area contributed by atoms with E-state index >= 15 is 0 Å². The van der Waals surface area contributed by atoms with E-state index < -0.39 is 48.6 Å². The lowest BCUT2D eigenvalue weighted by Crippen LogP contribution is -2.43. The molecule has 1 rings (SSSR count). The maximum Gasteiger partial charge on any atom is 0.394 e. The minimum absolute atomic E-state index is 0.678. The topological polar surface area (TPSA) is 78.3 Å². The Kier molecular flexibility index (Phi) is 3.54. The van der Waals surface area contributed by atoms with Gasteiger partial charge in [-0.2, -0.15) is 13.2 Å². The number of alkyl halides is 3. The first kappa shape index (κ1) is 14.7. The number of nitrogens with one attached hydrogen (secondary N) is 1. The third-order valence-corrected chi connectivity index (χ3v) is 6.93. The fourth-order valence-corrected chi connectivity index (χ4v) is 6.29. The Balaban J connectivity index is 3.23. The number of hydrogen-bond acceptors (Lipinski definition) is 4. The number of sulfonamides is 1. The summed E-state index contributed by atoms with van der Waals surface area (Å²) in [6, 6.07) is 0. The number of rotatable bonds is 2. The van der Waals surface area contributed by atoms with Crippen molar-refractivity contribution in [3.63, 3.8) is 0 Å². The summed E-state index contributed by atoms with van der Waals surface area (Å²) in [5.74, 6) is -3.91. The number of nitrogens with zero attached hydrogens (tertiary/aromatic N) is 1. The van der Waals surface area contributed by atoms with Gasteiger partial charge in [0, 0.05) is 29.6 Å². The summed E-state index contributed by atoms with van der Waals surface area (Å²) in [5.41, 5.74) is 0. The normalized spacial score (nSPS) is 35.4. The molecule has 3 atom stereocenters. The number of halogens is 3. The van der Waals surface area contributed by atoms with Gasteiger partial charge >= 0.3 is 6.18 Å². The molecule has 0 spiro atoms. The molecule has 1 fully saturated rings. The molecule has 0 radical (unpaired) electrons. The van der Waals surface area contributed by atoms with Crippen LogP contribution in [0.25, 0.3) is 0 Å². The second-order valence-electron chi connectivity index (χ2n) is 4.16. The van der Waals surface area contributed by atoms with Crippen LogP contribution >= 0.6 is 0 Å². The van der Waals surface area contributed by atoms with Crippen molar-refractivity contribution in [1.82, 2.24) is 4.31 Å². The minimum atomic E-state index is -4.76. The molecule has 0 aromatic carbocycles. The molecule has 0 bridgehead atoms. The molecule has 0 aromatic rings. The first-order chi connectivity index (χ1) is 7.38. The van der Waals surface area contributed by atoms with Crippen molar-refractivity contribution in [3.05, 3.63) is 0 Å². The van der Waals surface area contributed by atoms with E-state index in [9.17, 15) is 25.8 Å². The molecule has 0 aromatic heterocycles. The first-order valence-corrected chi connectivity index (χ1v) is 8.00. The van der Waals surface area contributed by atoms with E-state index in [1.165, 1.54) is 0 Å². The lowest BCUT2D eigenvalue weighted by Gasteiger charge is -2.23. The minimum Gasteiger partial charge on any atom is -0.253 e. The zero-order valence-corrected chi connectivity index (χ0v) is 10.8. The summed E-state index contributed by atoms with van der Waals surface area (Å²) in [4.78, 5) is 0. The first-order valence-electron chi connectivity index (χ1n) is 4.60. The predicted molar refractivity (Wildman–Crippen MR) is 56.5 cm³/mol. The Hall–Kier alpha value is -0.350. The van der Waals surface area contributed by atoms with Crippen LogP contribution in [0, 0.1) is 10.7 Å². The van der Waals surface area contributed by atoms with Crippen LogP contribution in [-0.4, -0.2) is 54.0 Å². The Morgan fingerprint density at radius 2 is 1.76 bits per heavy atom. The van der Waals surface area contributed by atoms with Crippen LogP contribution in [0.2, 0.25) is 0 Å². The standard InChI is InChI=1S/C7H13F3N2O3S2/c1-12(2)17(14,15)6-4-16(11,13)3-5(6)7(8,9)10/h5-6,11H,3-4H2,1-2H3. The van der Waals surface area contributed by atoms with Gasteiger partial charge < -0.3 is 0 Å². The molecular weight excluding hydrogens is 281 g/mol. The van der Waals surface area contributed by atoms with Gasteiger partial charge in [0.15, 0.2) is 0 Å². The smallest absolute Gasteiger partial charge is 0.253 e. The highest BCUT2D eigenvalue weighted by Crippen LogP contribution is 2.38. The summed E-state index contributed by atoms with van der Waals surface area (Å²) in [6.07, 6.45) is -4.76. The van der Waals surface area contributed by atoms with Gasteiger partial charge in [-0.1, -0.05) is 0 Å². The van der Waals surface area contributed by atoms with Crippen LogP contribution in [-0.2, 0) is 19.8 Å². The van der Waals surface area contributed by atoms with Gasteiger partial charge in [-0.25, -0.2) is 16.9 Å². The second kappa shape index (κ2) is 4.09. The third kappa shape index (κ3) is 2.91. The lowest BCUT2D eigenvalue weighted by molar-refractivity contribution is -0.166. The van der Waals surface area contributed by atoms with E-state index in [1.54, 1.807) is 0 Å². The Morgan fingerprint density at radius 1 is 1.29 bits per heavy atom. The Labute approximate surface area is 98.0 Å². The van der Waals surface area contributed by atoms with Crippen LogP contribution < -0.4 is 0 Å². The average molecular weight is 294 g/mol. The molecule has 0 aliphatic carbocycles. The maximum absolute atomic E-state index is 12.7. The molecule has 102 valence electrons. The van der Waals surface area contributed by atoms with Crippen molar-refractivity contribution in [2.45, 2.75) is 11.4 Å². The van der Waals surface area contributed by atoms with Gasteiger partial charge in [0.2, 0.25) is 10.0 Å². The molecule has 1 aliphatic heterocycles. The highest BCUT2D eigenvalue weighted by atomic mass is 32.2. The molecule has 1 heterocycles. The lowest BCUT2D eigenvalue weighted by atomic mass is 10.1. The fourth-order valence-electron chi connectivity index (χ4n) is 1.72. The molecule has 0 amide bonds. The molecule has 1 saturated heterocycles. The molecule has 0 saturated carbocycles. The zero-order valence-electron chi connectivity index (χ0n) is 9.19. The maximum atomic E-state index is 12.7. The molecule has 1 aliphatic rings. The monoisotopic (exact) mass is 294 g/mol. The van der Waals surface area contributed by atoms with E-state index in [-0.39, 0.29) is 0 Å². The van der Waals surface area contributed by atoms with E-state index in [0.29, 0.717) is 4.31 Å². The fraction of sp³-hybridized carbons (Fsp3) is 1.00. The Bertz CT molecular complexity index is 495. The van der Waals surface area contributed by atoms with E-state index in [2.05, 4.69) is 0 Å². The van der Waals surface area contributed by atoms with Gasteiger partial charge in [0.1, 0.15) is 5.25 Å². The second-order valence-corrected chi connectivity index (χ2v) is 8.82. The van der Waals surface area contributed by atoms with Gasteiger partial charge in [-0.15, -0.1) is 0 Å². The van der Waals surface area contributed by atoms with Crippen LogP contribution in [0.1, 0.15) is 0 Å². The molecule has 1 N–H and O–H groups in total. The van der Waals surface area contributed by atoms with Crippen LogP contribution in [0.15, 0.2) is 0 Å². The van der Waals surface area contributed by atoms with Gasteiger partial charge in [0.25, 0.3) is 0 Å². The van der Waals surface area contributed by atoms with Crippen LogP contribution in [0.3, 0.4) is 0 Å². The van der Waals surface area contributed by atoms with Gasteiger partial charge in [0.05, 0.1) is 11.7 Å². The quantitative estimate of drug-likeness (QED) is 0.805. The number of hydrogen-bond donors (Lipinski definition) is 1. The van der Waals surface area contributed by atoms with Crippen LogP contribution in [0.4, 0.5) is 13.2 Å². The van der Waals surface area contributed by atoms with Gasteiger partial charge in [-0.3, -0.25) is 4.78 Å². The summed E-state index contributed by atoms with van der Waals surface area (Å²) in [6.45, 7) is 0. The summed E-state index contributed by atoms with van der Waals surface area (Å²) >= 11 is 0. The van der Waals surface area contributed by atoms with Crippen molar-refractivity contribution in [3.8, 4) is 0 Å². The highest BCUT2D eigenvalue weighted by Gasteiger charge is 2.56.